The number of nitrogens with one attached hydrogen (secondary N) is 1. The van der Waals surface area contributed by atoms with Crippen molar-refractivity contribution in [1.29, 1.82) is 0 Å². The molecule has 1 spiro atoms. The summed E-state index contributed by atoms with van der Waals surface area (Å²) in [6, 6.07) is 8.10. The van der Waals surface area contributed by atoms with E-state index in [4.69, 9.17) is 4.74 Å². The molecule has 1 aliphatic heterocycles. The third kappa shape index (κ3) is 2.63. The molecule has 2 aromatic rings. The number of aromatic nitrogens is 2. The minimum atomic E-state index is -0.317. The molecule has 28 heavy (non-hydrogen) atoms. The molecule has 1 saturated carbocycles. The van der Waals surface area contributed by atoms with Crippen molar-refractivity contribution < 1.29 is 4.74 Å². The summed E-state index contributed by atoms with van der Waals surface area (Å²) in [5, 5.41) is 0. The highest BCUT2D eigenvalue weighted by Crippen LogP contribution is 2.49. The van der Waals surface area contributed by atoms with Crippen molar-refractivity contribution in [3.05, 3.63) is 56.2 Å². The van der Waals surface area contributed by atoms with Crippen LogP contribution in [0.5, 0.6) is 0 Å². The zero-order valence-corrected chi connectivity index (χ0v) is 16.7. The van der Waals surface area contributed by atoms with Crippen LogP contribution in [-0.4, -0.2) is 21.8 Å². The maximum Gasteiger partial charge on any atom is 0.329 e. The largest absolute Gasteiger partial charge is 0.375 e. The van der Waals surface area contributed by atoms with Crippen molar-refractivity contribution in [2.75, 3.05) is 6.61 Å². The molecule has 1 atom stereocenters. The minimum Gasteiger partial charge on any atom is -0.375 e. The highest BCUT2D eigenvalue weighted by Gasteiger charge is 2.45. The predicted molar refractivity (Wildman–Crippen MR) is 109 cm³/mol. The molecule has 2 aliphatic carbocycles. The zero-order valence-electron chi connectivity index (χ0n) is 16.7. The normalized spacial score (nSPS) is 24.7. The fourth-order valence-electron chi connectivity index (χ4n) is 5.84. The smallest absolute Gasteiger partial charge is 0.329 e. The van der Waals surface area contributed by atoms with E-state index in [0.29, 0.717) is 19.4 Å². The van der Waals surface area contributed by atoms with Gasteiger partial charge in [0.15, 0.2) is 0 Å². The first-order valence-electron chi connectivity index (χ1n) is 10.5. The van der Waals surface area contributed by atoms with Crippen LogP contribution in [0.15, 0.2) is 33.9 Å². The second-order valence-electron chi connectivity index (χ2n) is 9.43. The Balaban J connectivity index is 1.75. The molecule has 0 unspecified atom stereocenters. The Kier molecular flexibility index (Phi) is 3.96. The van der Waals surface area contributed by atoms with Gasteiger partial charge in [0.1, 0.15) is 0 Å². The molecule has 5 nitrogen and oxygen atoms in total. The van der Waals surface area contributed by atoms with Crippen LogP contribution in [0, 0.1) is 0 Å². The van der Waals surface area contributed by atoms with Crippen LogP contribution >= 0.6 is 0 Å². The van der Waals surface area contributed by atoms with Crippen molar-refractivity contribution in [2.24, 2.45) is 0 Å². The highest BCUT2D eigenvalue weighted by atomic mass is 16.5. The van der Waals surface area contributed by atoms with Gasteiger partial charge in [0.25, 0.3) is 5.56 Å². The molecule has 5 rings (SSSR count). The summed E-state index contributed by atoms with van der Waals surface area (Å²) < 4.78 is 7.33. The maximum absolute atomic E-state index is 13.8. The lowest BCUT2D eigenvalue weighted by Gasteiger charge is -2.39. The number of fused-ring (bicyclic) bond motifs is 4. The van der Waals surface area contributed by atoms with Gasteiger partial charge in [-0.05, 0) is 51.5 Å². The van der Waals surface area contributed by atoms with Crippen LogP contribution in [0.1, 0.15) is 69.5 Å². The number of rotatable bonds is 1. The van der Waals surface area contributed by atoms with Crippen LogP contribution in [-0.2, 0) is 16.6 Å². The molecule has 1 N–H and O–H groups in total. The van der Waals surface area contributed by atoms with Gasteiger partial charge in [0.2, 0.25) is 0 Å². The Morgan fingerprint density at radius 1 is 1.14 bits per heavy atom. The first-order valence-corrected chi connectivity index (χ1v) is 10.5. The molecule has 1 aromatic heterocycles. The van der Waals surface area contributed by atoms with E-state index in [1.54, 1.807) is 0 Å². The van der Waals surface area contributed by atoms with E-state index in [1.807, 2.05) is 26.0 Å². The van der Waals surface area contributed by atoms with E-state index in [9.17, 15) is 9.59 Å². The highest BCUT2D eigenvalue weighted by molar-refractivity contribution is 5.71. The Hall–Kier alpha value is -2.14. The van der Waals surface area contributed by atoms with E-state index in [0.717, 1.165) is 48.9 Å². The number of ether oxygens (including phenoxy) is 1. The van der Waals surface area contributed by atoms with Gasteiger partial charge >= 0.3 is 5.69 Å². The van der Waals surface area contributed by atoms with Gasteiger partial charge in [-0.25, -0.2) is 4.79 Å². The molecule has 2 heterocycles. The average Bonchev–Trinajstić information content (AvgIpc) is 3.09. The first kappa shape index (κ1) is 17.9. The average molecular weight is 380 g/mol. The van der Waals surface area contributed by atoms with Crippen molar-refractivity contribution in [2.45, 2.75) is 75.9 Å². The molecule has 1 aromatic carbocycles. The van der Waals surface area contributed by atoms with E-state index < -0.39 is 0 Å². The summed E-state index contributed by atoms with van der Waals surface area (Å²) in [6.45, 7) is 4.64. The monoisotopic (exact) mass is 380 g/mol. The number of H-pyrrole nitrogens is 1. The maximum atomic E-state index is 13.8. The van der Waals surface area contributed by atoms with Gasteiger partial charge in [0, 0.05) is 29.2 Å². The SMILES string of the molecule is CC1(C)C[C@H](n2c(=O)[nH]c3c(c2=O)C2(CCCC2)Cc2ccccc2-3)CCO1. The number of nitrogens with zero attached hydrogens (tertiary/aromatic N) is 1. The topological polar surface area (TPSA) is 64.1 Å². The molecule has 148 valence electrons. The van der Waals surface area contributed by atoms with Crippen LogP contribution < -0.4 is 11.2 Å². The summed E-state index contributed by atoms with van der Waals surface area (Å²) in [6.07, 6.45) is 6.61. The summed E-state index contributed by atoms with van der Waals surface area (Å²) in [4.78, 5) is 30.1. The molecule has 5 heteroatoms. The van der Waals surface area contributed by atoms with E-state index >= 15 is 0 Å². The molecular formula is C23H28N2O3. The lowest BCUT2D eigenvalue weighted by atomic mass is 9.68. The van der Waals surface area contributed by atoms with Gasteiger partial charge in [0.05, 0.1) is 11.3 Å². The number of hydrogen-bond donors (Lipinski definition) is 1. The third-order valence-corrected chi connectivity index (χ3v) is 7.08. The van der Waals surface area contributed by atoms with Gasteiger partial charge in [-0.2, -0.15) is 0 Å². The first-order chi connectivity index (χ1) is 13.4. The zero-order chi connectivity index (χ0) is 19.5. The summed E-state index contributed by atoms with van der Waals surface area (Å²) in [7, 11) is 0. The van der Waals surface area contributed by atoms with Gasteiger partial charge in [-0.1, -0.05) is 37.1 Å². The van der Waals surface area contributed by atoms with Gasteiger partial charge < -0.3 is 9.72 Å². The van der Waals surface area contributed by atoms with E-state index in [2.05, 4.69) is 17.1 Å². The fourth-order valence-corrected chi connectivity index (χ4v) is 5.84. The quantitative estimate of drug-likeness (QED) is 0.820. The summed E-state index contributed by atoms with van der Waals surface area (Å²) in [5.41, 5.74) is 3.08. The molecular weight excluding hydrogens is 352 g/mol. The second-order valence-corrected chi connectivity index (χ2v) is 9.43. The van der Waals surface area contributed by atoms with Crippen LogP contribution in [0.2, 0.25) is 0 Å². The summed E-state index contributed by atoms with van der Waals surface area (Å²) in [5.74, 6) is 0. The predicted octanol–water partition coefficient (Wildman–Crippen LogP) is 3.70. The third-order valence-electron chi connectivity index (χ3n) is 7.08. The molecule has 2 fully saturated rings. The van der Waals surface area contributed by atoms with Crippen LogP contribution in [0.4, 0.5) is 0 Å². The number of benzene rings is 1. The Labute approximate surface area is 164 Å². The van der Waals surface area contributed by atoms with Crippen molar-refractivity contribution in [1.82, 2.24) is 9.55 Å². The van der Waals surface area contributed by atoms with Crippen molar-refractivity contribution in [3.63, 3.8) is 0 Å². The molecule has 0 radical (unpaired) electrons. The number of hydrogen-bond acceptors (Lipinski definition) is 3. The minimum absolute atomic E-state index is 0.0714. The standard InChI is InChI=1S/C23H28N2O3/c1-22(2)14-16(9-12-28-22)25-20(26)18-19(24-21(25)27)17-8-4-3-7-15(17)13-23(18)10-5-6-11-23/h3-4,7-8,16H,5-6,9-14H2,1-2H3,(H,24,27)/t16-/m1/s1. The van der Waals surface area contributed by atoms with Crippen molar-refractivity contribution >= 4 is 0 Å². The fraction of sp³-hybridized carbons (Fsp3) is 0.565. The summed E-state index contributed by atoms with van der Waals surface area (Å²) >= 11 is 0. The lowest BCUT2D eigenvalue weighted by molar-refractivity contribution is -0.0702. The van der Waals surface area contributed by atoms with Crippen LogP contribution in [0.25, 0.3) is 11.3 Å². The molecule has 0 amide bonds. The van der Waals surface area contributed by atoms with Crippen LogP contribution in [0.3, 0.4) is 0 Å². The Bertz CT molecular complexity index is 1040. The molecule has 0 bridgehead atoms. The Morgan fingerprint density at radius 2 is 1.89 bits per heavy atom. The van der Waals surface area contributed by atoms with Gasteiger partial charge in [-0.15, -0.1) is 0 Å². The lowest BCUT2D eigenvalue weighted by Crippen LogP contribution is -2.49. The number of aromatic amines is 1. The van der Waals surface area contributed by atoms with Crippen molar-refractivity contribution in [3.8, 4) is 11.3 Å². The molecule has 1 saturated heterocycles. The van der Waals surface area contributed by atoms with E-state index in [1.165, 1.54) is 10.1 Å². The Morgan fingerprint density at radius 3 is 2.64 bits per heavy atom. The van der Waals surface area contributed by atoms with Gasteiger partial charge in [-0.3, -0.25) is 9.36 Å². The second kappa shape index (κ2) is 6.18. The van der Waals surface area contributed by atoms with E-state index in [-0.39, 0.29) is 28.3 Å². The molecule has 3 aliphatic rings.